The monoisotopic (exact) mass is 247 g/mol. The number of carbonyl (C=O) groups excluding carboxylic acids is 1. The predicted octanol–water partition coefficient (Wildman–Crippen LogP) is 1.64. The van der Waals surface area contributed by atoms with E-state index >= 15 is 0 Å². The summed E-state index contributed by atoms with van der Waals surface area (Å²) in [5, 5.41) is 0. The number of carbonyl (C=O) groups is 1. The lowest BCUT2D eigenvalue weighted by Gasteiger charge is -2.24. The van der Waals surface area contributed by atoms with Gasteiger partial charge in [0.25, 0.3) is 0 Å². The van der Waals surface area contributed by atoms with Crippen molar-refractivity contribution in [3.05, 3.63) is 23.8 Å². The van der Waals surface area contributed by atoms with Crippen LogP contribution >= 0.6 is 0 Å². The number of benzene rings is 1. The smallest absolute Gasteiger partial charge is 0.242 e. The van der Waals surface area contributed by atoms with Crippen molar-refractivity contribution in [2.75, 3.05) is 37.3 Å². The van der Waals surface area contributed by atoms with E-state index in [9.17, 15) is 4.79 Å². The Morgan fingerprint density at radius 1 is 1.39 bits per heavy atom. The van der Waals surface area contributed by atoms with Gasteiger partial charge >= 0.3 is 0 Å². The van der Waals surface area contributed by atoms with Gasteiger partial charge in [-0.15, -0.1) is 0 Å². The average Bonchev–Trinajstić information content (AvgIpc) is 2.86. The van der Waals surface area contributed by atoms with Crippen molar-refractivity contribution in [2.45, 2.75) is 19.8 Å². The van der Waals surface area contributed by atoms with E-state index < -0.39 is 0 Å². The zero-order valence-corrected chi connectivity index (χ0v) is 11.1. The maximum Gasteiger partial charge on any atom is 0.242 e. The lowest BCUT2D eigenvalue weighted by molar-refractivity contribution is -0.128. The van der Waals surface area contributed by atoms with E-state index in [-0.39, 0.29) is 5.91 Å². The molecule has 1 saturated heterocycles. The fourth-order valence-corrected chi connectivity index (χ4v) is 2.41. The van der Waals surface area contributed by atoms with Crippen LogP contribution in [-0.2, 0) is 4.79 Å². The standard InChI is InChI=1S/C14H21N3O/c1-11-12(15)6-5-7-13(11)16(2)10-14(18)17-8-3-4-9-17/h5-7H,3-4,8-10,15H2,1-2H3. The lowest BCUT2D eigenvalue weighted by Crippen LogP contribution is -2.37. The molecule has 98 valence electrons. The third-order valence-corrected chi connectivity index (χ3v) is 3.59. The van der Waals surface area contributed by atoms with Crippen molar-refractivity contribution in [1.29, 1.82) is 0 Å². The van der Waals surface area contributed by atoms with Crippen molar-refractivity contribution in [1.82, 2.24) is 4.90 Å². The minimum atomic E-state index is 0.205. The molecule has 0 radical (unpaired) electrons. The van der Waals surface area contributed by atoms with Crippen LogP contribution in [-0.4, -0.2) is 37.5 Å². The Hall–Kier alpha value is -1.71. The lowest BCUT2D eigenvalue weighted by atomic mass is 10.1. The first kappa shape index (κ1) is 12.7. The summed E-state index contributed by atoms with van der Waals surface area (Å²) in [6.07, 6.45) is 2.26. The molecule has 1 amide bonds. The summed E-state index contributed by atoms with van der Waals surface area (Å²) in [5.74, 6) is 0.205. The van der Waals surface area contributed by atoms with Gasteiger partial charge in [-0.25, -0.2) is 0 Å². The minimum absolute atomic E-state index is 0.205. The Kier molecular flexibility index (Phi) is 3.75. The molecular weight excluding hydrogens is 226 g/mol. The van der Waals surface area contributed by atoms with Crippen LogP contribution in [0.3, 0.4) is 0 Å². The van der Waals surface area contributed by atoms with Crippen molar-refractivity contribution in [3.63, 3.8) is 0 Å². The van der Waals surface area contributed by atoms with Crippen molar-refractivity contribution in [3.8, 4) is 0 Å². The van der Waals surface area contributed by atoms with E-state index in [2.05, 4.69) is 0 Å². The molecule has 1 aliphatic rings. The van der Waals surface area contributed by atoms with Gasteiger partial charge in [0.15, 0.2) is 0 Å². The molecule has 1 aromatic carbocycles. The van der Waals surface area contributed by atoms with Crippen molar-refractivity contribution in [2.24, 2.45) is 0 Å². The van der Waals surface area contributed by atoms with E-state index in [0.717, 1.165) is 42.9 Å². The molecular formula is C14H21N3O. The van der Waals surface area contributed by atoms with E-state index in [0.29, 0.717) is 6.54 Å². The molecule has 0 aliphatic carbocycles. The fourth-order valence-electron chi connectivity index (χ4n) is 2.41. The largest absolute Gasteiger partial charge is 0.398 e. The van der Waals surface area contributed by atoms with Gasteiger partial charge in [0, 0.05) is 31.5 Å². The first-order valence-corrected chi connectivity index (χ1v) is 6.43. The van der Waals surface area contributed by atoms with E-state index in [1.54, 1.807) is 0 Å². The highest BCUT2D eigenvalue weighted by Gasteiger charge is 2.19. The maximum absolute atomic E-state index is 12.1. The Balaban J connectivity index is 2.04. The Bertz CT molecular complexity index is 439. The zero-order valence-electron chi connectivity index (χ0n) is 11.1. The number of hydrogen-bond acceptors (Lipinski definition) is 3. The number of nitrogen functional groups attached to an aromatic ring is 1. The third-order valence-electron chi connectivity index (χ3n) is 3.59. The van der Waals surface area contributed by atoms with Gasteiger partial charge in [-0.1, -0.05) is 6.07 Å². The Morgan fingerprint density at radius 3 is 2.72 bits per heavy atom. The quantitative estimate of drug-likeness (QED) is 0.826. The van der Waals surface area contributed by atoms with E-state index in [1.807, 2.05) is 42.0 Å². The van der Waals surface area contributed by atoms with Gasteiger partial charge in [0.1, 0.15) is 0 Å². The van der Waals surface area contributed by atoms with Crippen LogP contribution in [0.2, 0.25) is 0 Å². The summed E-state index contributed by atoms with van der Waals surface area (Å²) < 4.78 is 0. The van der Waals surface area contributed by atoms with Crippen LogP contribution in [0, 0.1) is 6.92 Å². The topological polar surface area (TPSA) is 49.6 Å². The fraction of sp³-hybridized carbons (Fsp3) is 0.500. The number of likely N-dealkylation sites (tertiary alicyclic amines) is 1. The normalized spacial score (nSPS) is 14.9. The van der Waals surface area contributed by atoms with Gasteiger partial charge < -0.3 is 15.5 Å². The summed E-state index contributed by atoms with van der Waals surface area (Å²) in [7, 11) is 1.94. The first-order chi connectivity index (χ1) is 8.59. The average molecular weight is 247 g/mol. The third kappa shape index (κ3) is 2.58. The highest BCUT2D eigenvalue weighted by molar-refractivity contribution is 5.82. The number of rotatable bonds is 3. The molecule has 2 N–H and O–H groups in total. The number of anilines is 2. The van der Waals surface area contributed by atoms with Gasteiger partial charge in [-0.05, 0) is 37.5 Å². The number of amides is 1. The molecule has 1 heterocycles. The second-order valence-corrected chi connectivity index (χ2v) is 4.94. The molecule has 1 aromatic rings. The highest BCUT2D eigenvalue weighted by atomic mass is 16.2. The molecule has 0 spiro atoms. The van der Waals surface area contributed by atoms with Crippen LogP contribution in [0.15, 0.2) is 18.2 Å². The zero-order chi connectivity index (χ0) is 13.1. The minimum Gasteiger partial charge on any atom is -0.398 e. The molecule has 18 heavy (non-hydrogen) atoms. The van der Waals surface area contributed by atoms with Crippen LogP contribution in [0.25, 0.3) is 0 Å². The van der Waals surface area contributed by atoms with E-state index in [1.165, 1.54) is 0 Å². The molecule has 0 unspecified atom stereocenters. The Labute approximate surface area is 108 Å². The van der Waals surface area contributed by atoms with Crippen molar-refractivity contribution >= 4 is 17.3 Å². The summed E-state index contributed by atoms with van der Waals surface area (Å²) in [5.41, 5.74) is 8.73. The molecule has 1 aliphatic heterocycles. The Morgan fingerprint density at radius 2 is 2.06 bits per heavy atom. The molecule has 0 bridgehead atoms. The van der Waals surface area contributed by atoms with Crippen molar-refractivity contribution < 1.29 is 4.79 Å². The van der Waals surface area contributed by atoms with Crippen LogP contribution in [0.5, 0.6) is 0 Å². The molecule has 0 aromatic heterocycles. The second-order valence-electron chi connectivity index (χ2n) is 4.94. The number of likely N-dealkylation sites (N-methyl/N-ethyl adjacent to an activating group) is 1. The molecule has 0 saturated carbocycles. The number of nitrogens with zero attached hydrogens (tertiary/aromatic N) is 2. The second kappa shape index (κ2) is 5.29. The van der Waals surface area contributed by atoms with Crippen LogP contribution < -0.4 is 10.6 Å². The van der Waals surface area contributed by atoms with E-state index in [4.69, 9.17) is 5.73 Å². The predicted molar refractivity (Wildman–Crippen MR) is 74.7 cm³/mol. The number of hydrogen-bond donors (Lipinski definition) is 1. The van der Waals surface area contributed by atoms with Gasteiger partial charge in [-0.2, -0.15) is 0 Å². The highest BCUT2D eigenvalue weighted by Crippen LogP contribution is 2.23. The summed E-state index contributed by atoms with van der Waals surface area (Å²) in [4.78, 5) is 16.0. The van der Waals surface area contributed by atoms with Crippen LogP contribution in [0.1, 0.15) is 18.4 Å². The summed E-state index contributed by atoms with van der Waals surface area (Å²) in [6, 6.07) is 5.81. The maximum atomic E-state index is 12.1. The molecule has 1 fully saturated rings. The first-order valence-electron chi connectivity index (χ1n) is 6.43. The van der Waals surface area contributed by atoms with Gasteiger partial charge in [-0.3, -0.25) is 4.79 Å². The summed E-state index contributed by atoms with van der Waals surface area (Å²) >= 11 is 0. The van der Waals surface area contributed by atoms with Gasteiger partial charge in [0.05, 0.1) is 6.54 Å². The van der Waals surface area contributed by atoms with Crippen LogP contribution in [0.4, 0.5) is 11.4 Å². The molecule has 0 atom stereocenters. The van der Waals surface area contributed by atoms with Gasteiger partial charge in [0.2, 0.25) is 5.91 Å². The molecule has 4 nitrogen and oxygen atoms in total. The SMILES string of the molecule is Cc1c(N)cccc1N(C)CC(=O)N1CCCC1. The number of nitrogens with two attached hydrogens (primary N) is 1. The summed E-state index contributed by atoms with van der Waals surface area (Å²) in [6.45, 7) is 4.22. The molecule has 4 heteroatoms. The molecule has 2 rings (SSSR count).